The van der Waals surface area contributed by atoms with Crippen LogP contribution in [0.15, 0.2) is 24.3 Å². The Kier molecular flexibility index (Phi) is 3.97. The molecule has 18 heavy (non-hydrogen) atoms. The van der Waals surface area contributed by atoms with Crippen LogP contribution in [0.2, 0.25) is 10.0 Å². The van der Waals surface area contributed by atoms with E-state index in [-0.39, 0.29) is 15.8 Å². The highest BCUT2D eigenvalue weighted by atomic mass is 35.5. The van der Waals surface area contributed by atoms with Crippen LogP contribution in [0.4, 0.5) is 5.69 Å². The minimum atomic E-state index is -0.119. The molecule has 2 aromatic rings. The first-order valence-electron chi connectivity index (χ1n) is 5.01. The minimum Gasteiger partial charge on any atom is -0.505 e. The van der Waals surface area contributed by atoms with Crippen molar-refractivity contribution < 1.29 is 5.11 Å². The molecule has 0 bridgehead atoms. The van der Waals surface area contributed by atoms with Gasteiger partial charge >= 0.3 is 0 Å². The lowest BCUT2D eigenvalue weighted by atomic mass is 10.3. The lowest BCUT2D eigenvalue weighted by Crippen LogP contribution is -1.97. The molecule has 0 aliphatic carbocycles. The Bertz CT molecular complexity index is 596. The van der Waals surface area contributed by atoms with Crippen LogP contribution in [-0.4, -0.2) is 5.11 Å². The monoisotopic (exact) mass is 298 g/mol. The lowest BCUT2D eigenvalue weighted by Gasteiger charge is -2.07. The van der Waals surface area contributed by atoms with E-state index >= 15 is 0 Å². The average molecular weight is 299 g/mol. The number of hydrogen-bond donors (Lipinski definition) is 2. The van der Waals surface area contributed by atoms with Gasteiger partial charge in [0, 0.05) is 17.1 Å². The summed E-state index contributed by atoms with van der Waals surface area (Å²) in [6, 6.07) is 8.95. The van der Waals surface area contributed by atoms with Gasteiger partial charge in [0.15, 0.2) is 5.75 Å². The minimum absolute atomic E-state index is 0.119. The van der Waals surface area contributed by atoms with Crippen LogP contribution in [0.1, 0.15) is 9.75 Å². The highest BCUT2D eigenvalue weighted by Gasteiger charge is 2.07. The molecule has 0 saturated carbocycles. The van der Waals surface area contributed by atoms with Crippen LogP contribution in [0.3, 0.4) is 0 Å². The molecule has 2 rings (SSSR count). The first-order chi connectivity index (χ1) is 8.60. The summed E-state index contributed by atoms with van der Waals surface area (Å²) >= 11 is 13.0. The van der Waals surface area contributed by atoms with Crippen LogP contribution >= 0.6 is 34.5 Å². The number of benzene rings is 1. The van der Waals surface area contributed by atoms with Gasteiger partial charge < -0.3 is 10.4 Å². The highest BCUT2D eigenvalue weighted by molar-refractivity contribution is 7.12. The van der Waals surface area contributed by atoms with Gasteiger partial charge in [0.25, 0.3) is 0 Å². The van der Waals surface area contributed by atoms with E-state index in [1.54, 1.807) is 18.2 Å². The van der Waals surface area contributed by atoms with Crippen LogP contribution in [0.25, 0.3) is 0 Å². The number of rotatable bonds is 3. The summed E-state index contributed by atoms with van der Waals surface area (Å²) in [7, 11) is 0. The Hall–Kier alpha value is -1.41. The molecule has 92 valence electrons. The largest absolute Gasteiger partial charge is 0.505 e. The SMILES string of the molecule is N#Cc1ccc(CNc2cc(Cl)c(O)c(Cl)c2)s1. The maximum absolute atomic E-state index is 9.43. The maximum atomic E-state index is 9.43. The first-order valence-corrected chi connectivity index (χ1v) is 6.58. The molecule has 1 heterocycles. The van der Waals surface area contributed by atoms with Crippen LogP contribution < -0.4 is 5.32 Å². The normalized spacial score (nSPS) is 10.1. The molecule has 2 N–H and O–H groups in total. The number of phenols is 1. The second-order valence-electron chi connectivity index (χ2n) is 3.52. The van der Waals surface area contributed by atoms with Crippen molar-refractivity contribution in [3.63, 3.8) is 0 Å². The van der Waals surface area contributed by atoms with E-state index in [1.165, 1.54) is 11.3 Å². The maximum Gasteiger partial charge on any atom is 0.152 e. The van der Waals surface area contributed by atoms with E-state index in [9.17, 15) is 5.11 Å². The third-order valence-corrected chi connectivity index (χ3v) is 3.82. The van der Waals surface area contributed by atoms with Crippen LogP contribution in [0.5, 0.6) is 5.75 Å². The van der Waals surface area contributed by atoms with Gasteiger partial charge in [-0.15, -0.1) is 11.3 Å². The molecule has 6 heteroatoms. The fourth-order valence-electron chi connectivity index (χ4n) is 1.39. The molecule has 0 saturated heterocycles. The van der Waals surface area contributed by atoms with E-state index in [1.807, 2.05) is 6.07 Å². The number of halogens is 2. The van der Waals surface area contributed by atoms with Gasteiger partial charge in [-0.25, -0.2) is 0 Å². The van der Waals surface area contributed by atoms with Gasteiger partial charge in [0.2, 0.25) is 0 Å². The molecule has 0 amide bonds. The average Bonchev–Trinajstić information content (AvgIpc) is 2.81. The van der Waals surface area contributed by atoms with Gasteiger partial charge in [-0.1, -0.05) is 23.2 Å². The zero-order valence-electron chi connectivity index (χ0n) is 9.08. The molecular weight excluding hydrogens is 291 g/mol. The Morgan fingerprint density at radius 1 is 1.28 bits per heavy atom. The second kappa shape index (κ2) is 5.49. The van der Waals surface area contributed by atoms with Gasteiger partial charge in [-0.3, -0.25) is 0 Å². The smallest absolute Gasteiger partial charge is 0.152 e. The number of aromatic hydroxyl groups is 1. The summed E-state index contributed by atoms with van der Waals surface area (Å²) in [6.45, 7) is 0.573. The van der Waals surface area contributed by atoms with E-state index in [0.29, 0.717) is 11.4 Å². The van der Waals surface area contributed by atoms with Crippen molar-refractivity contribution in [2.24, 2.45) is 0 Å². The molecular formula is C12H8Cl2N2OS. The number of thiophene rings is 1. The highest BCUT2D eigenvalue weighted by Crippen LogP contribution is 2.34. The van der Waals surface area contributed by atoms with E-state index < -0.39 is 0 Å². The predicted octanol–water partition coefficient (Wildman–Crippen LogP) is 4.24. The number of anilines is 1. The fourth-order valence-corrected chi connectivity index (χ4v) is 2.62. The molecule has 3 nitrogen and oxygen atoms in total. The summed E-state index contributed by atoms with van der Waals surface area (Å²) in [4.78, 5) is 1.71. The van der Waals surface area contributed by atoms with E-state index in [2.05, 4.69) is 11.4 Å². The number of nitrogens with one attached hydrogen (secondary N) is 1. The zero-order chi connectivity index (χ0) is 13.1. The van der Waals surface area contributed by atoms with Crippen LogP contribution in [0, 0.1) is 11.3 Å². The van der Waals surface area contributed by atoms with Crippen molar-refractivity contribution in [2.75, 3.05) is 5.32 Å². The molecule has 0 unspecified atom stereocenters. The fraction of sp³-hybridized carbons (Fsp3) is 0.0833. The number of hydrogen-bond acceptors (Lipinski definition) is 4. The molecule has 0 radical (unpaired) electrons. The Morgan fingerprint density at radius 2 is 1.94 bits per heavy atom. The second-order valence-corrected chi connectivity index (χ2v) is 5.50. The van der Waals surface area contributed by atoms with Crippen molar-refractivity contribution in [1.82, 2.24) is 0 Å². The quantitative estimate of drug-likeness (QED) is 0.833. The topological polar surface area (TPSA) is 56.0 Å². The van der Waals surface area contributed by atoms with Crippen molar-refractivity contribution >= 4 is 40.2 Å². The number of nitriles is 1. The van der Waals surface area contributed by atoms with Crippen molar-refractivity contribution in [2.45, 2.75) is 6.54 Å². The zero-order valence-corrected chi connectivity index (χ0v) is 11.4. The number of nitrogens with zero attached hydrogens (tertiary/aromatic N) is 1. The summed E-state index contributed by atoms with van der Waals surface area (Å²) in [5, 5.41) is 21.7. The Labute approximate surface area is 118 Å². The van der Waals surface area contributed by atoms with Crippen molar-refractivity contribution in [1.29, 1.82) is 5.26 Å². The summed E-state index contributed by atoms with van der Waals surface area (Å²) in [5.74, 6) is -0.119. The van der Waals surface area contributed by atoms with Gasteiger partial charge in [0.1, 0.15) is 10.9 Å². The van der Waals surface area contributed by atoms with Gasteiger partial charge in [0.05, 0.1) is 10.0 Å². The van der Waals surface area contributed by atoms with Crippen molar-refractivity contribution in [3.05, 3.63) is 44.1 Å². The molecule has 1 aromatic heterocycles. The third kappa shape index (κ3) is 2.88. The molecule has 0 aliphatic heterocycles. The van der Waals surface area contributed by atoms with Gasteiger partial charge in [-0.2, -0.15) is 5.26 Å². The first kappa shape index (κ1) is 13.0. The number of phenolic OH excluding ortho intramolecular Hbond substituents is 1. The summed E-state index contributed by atoms with van der Waals surface area (Å²) in [5.41, 5.74) is 0.717. The Balaban J connectivity index is 2.09. The molecule has 1 aromatic carbocycles. The molecule has 0 fully saturated rings. The molecule has 0 spiro atoms. The van der Waals surface area contributed by atoms with Crippen LogP contribution in [-0.2, 0) is 6.54 Å². The standard InChI is InChI=1S/C12H8Cl2N2OS/c13-10-3-7(4-11(14)12(10)17)16-6-9-2-1-8(5-15)18-9/h1-4,16-17H,6H2. The molecule has 0 atom stereocenters. The lowest BCUT2D eigenvalue weighted by molar-refractivity contribution is 0.476. The van der Waals surface area contributed by atoms with Crippen molar-refractivity contribution in [3.8, 4) is 11.8 Å². The van der Waals surface area contributed by atoms with Gasteiger partial charge in [-0.05, 0) is 24.3 Å². The third-order valence-electron chi connectivity index (χ3n) is 2.26. The summed E-state index contributed by atoms with van der Waals surface area (Å²) in [6.07, 6.45) is 0. The van der Waals surface area contributed by atoms with E-state index in [4.69, 9.17) is 28.5 Å². The predicted molar refractivity (Wildman–Crippen MR) is 74.5 cm³/mol. The summed E-state index contributed by atoms with van der Waals surface area (Å²) < 4.78 is 0. The van der Waals surface area contributed by atoms with E-state index in [0.717, 1.165) is 10.6 Å². The Morgan fingerprint density at radius 3 is 2.50 bits per heavy atom. The molecule has 0 aliphatic rings.